The molecule has 0 aromatic heterocycles. The largest absolute Gasteiger partial charge is 0.423 e. The van der Waals surface area contributed by atoms with Crippen LogP contribution in [0, 0.1) is 11.6 Å². The molecule has 0 N–H and O–H groups in total. The van der Waals surface area contributed by atoms with Crippen LogP contribution < -0.4 is 0 Å². The van der Waals surface area contributed by atoms with E-state index in [-0.39, 0.29) is 6.07 Å². The Labute approximate surface area is 112 Å². The molecule has 118 valence electrons. The van der Waals surface area contributed by atoms with Crippen molar-refractivity contribution >= 4 is 5.78 Å². The molecule has 0 aliphatic carbocycles. The van der Waals surface area contributed by atoms with Gasteiger partial charge in [-0.25, -0.2) is 8.78 Å². The van der Waals surface area contributed by atoms with Crippen molar-refractivity contribution in [2.75, 3.05) is 6.61 Å². The average molecular weight is 322 g/mol. The Morgan fingerprint density at radius 1 is 1.05 bits per heavy atom. The molecule has 0 amide bonds. The molecule has 0 fully saturated rings. The van der Waals surface area contributed by atoms with Gasteiger partial charge in [0.25, 0.3) is 0 Å². The monoisotopic (exact) mass is 322 g/mol. The van der Waals surface area contributed by atoms with Crippen LogP contribution in [-0.2, 0) is 4.74 Å². The first-order valence-electron chi connectivity index (χ1n) is 5.16. The smallest absolute Gasteiger partial charge is 0.353 e. The van der Waals surface area contributed by atoms with Gasteiger partial charge in [0.05, 0.1) is 5.56 Å². The van der Waals surface area contributed by atoms with Crippen LogP contribution in [0.25, 0.3) is 0 Å². The summed E-state index contributed by atoms with van der Waals surface area (Å²) in [5.74, 6) is -3.96. The third-order valence-electron chi connectivity index (χ3n) is 2.21. The van der Waals surface area contributed by atoms with Crippen LogP contribution in [0.3, 0.4) is 0 Å². The fourth-order valence-electron chi connectivity index (χ4n) is 1.33. The highest BCUT2D eigenvalue weighted by Crippen LogP contribution is 2.35. The third-order valence-corrected chi connectivity index (χ3v) is 2.21. The quantitative estimate of drug-likeness (QED) is 0.625. The SMILES string of the molecule is O=C(COC(C(F)(F)F)C(F)(F)F)c1ccc(F)cc1F. The van der Waals surface area contributed by atoms with Crippen LogP contribution in [0.2, 0.25) is 0 Å². The molecule has 0 aliphatic rings. The second-order valence-electron chi connectivity index (χ2n) is 3.82. The summed E-state index contributed by atoms with van der Waals surface area (Å²) < 4.78 is 102. The number of ether oxygens (including phenoxy) is 1. The highest BCUT2D eigenvalue weighted by molar-refractivity contribution is 5.97. The van der Waals surface area contributed by atoms with E-state index < -0.39 is 48.0 Å². The highest BCUT2D eigenvalue weighted by Gasteiger charge is 2.58. The molecule has 1 aromatic rings. The minimum atomic E-state index is -5.78. The van der Waals surface area contributed by atoms with Crippen LogP contribution in [0.4, 0.5) is 35.1 Å². The van der Waals surface area contributed by atoms with Gasteiger partial charge in [-0.2, -0.15) is 26.3 Å². The molecule has 0 spiro atoms. The lowest BCUT2D eigenvalue weighted by atomic mass is 10.1. The average Bonchev–Trinajstić information content (AvgIpc) is 2.24. The fourth-order valence-corrected chi connectivity index (χ4v) is 1.33. The predicted octanol–water partition coefficient (Wildman–Crippen LogP) is 3.66. The second-order valence-corrected chi connectivity index (χ2v) is 3.82. The molecule has 0 heterocycles. The summed E-state index contributed by atoms with van der Waals surface area (Å²) in [4.78, 5) is 11.3. The minimum absolute atomic E-state index is 0.262. The number of carbonyl (C=O) groups is 1. The van der Waals surface area contributed by atoms with Gasteiger partial charge < -0.3 is 4.74 Å². The standard InChI is InChI=1S/C11H6F8O2/c12-5-1-2-6(7(13)3-5)8(20)4-21-9(10(14,15)16)11(17,18)19/h1-3,9H,4H2. The van der Waals surface area contributed by atoms with Gasteiger partial charge in [0.1, 0.15) is 18.2 Å². The van der Waals surface area contributed by atoms with Crippen molar-refractivity contribution in [2.24, 2.45) is 0 Å². The summed E-state index contributed by atoms with van der Waals surface area (Å²) >= 11 is 0. The predicted molar refractivity (Wildman–Crippen MR) is 52.5 cm³/mol. The van der Waals surface area contributed by atoms with Gasteiger partial charge >= 0.3 is 12.4 Å². The molecule has 0 bridgehead atoms. The molecule has 1 rings (SSSR count). The Morgan fingerprint density at radius 2 is 1.57 bits per heavy atom. The van der Waals surface area contributed by atoms with Crippen LogP contribution in [0.1, 0.15) is 10.4 Å². The van der Waals surface area contributed by atoms with Crippen molar-refractivity contribution in [2.45, 2.75) is 18.5 Å². The molecule has 10 heteroatoms. The third kappa shape index (κ3) is 4.66. The Bertz CT molecular complexity index is 506. The van der Waals surface area contributed by atoms with Crippen molar-refractivity contribution in [1.29, 1.82) is 0 Å². The van der Waals surface area contributed by atoms with Crippen molar-refractivity contribution in [1.82, 2.24) is 0 Å². The number of benzene rings is 1. The lowest BCUT2D eigenvalue weighted by Gasteiger charge is -2.22. The van der Waals surface area contributed by atoms with Gasteiger partial charge in [0, 0.05) is 6.07 Å². The molecular weight excluding hydrogens is 316 g/mol. The zero-order valence-electron chi connectivity index (χ0n) is 9.86. The zero-order chi connectivity index (χ0) is 16.4. The first-order valence-corrected chi connectivity index (χ1v) is 5.16. The van der Waals surface area contributed by atoms with E-state index in [2.05, 4.69) is 4.74 Å². The van der Waals surface area contributed by atoms with Crippen molar-refractivity contribution in [3.8, 4) is 0 Å². The maximum Gasteiger partial charge on any atom is 0.423 e. The summed E-state index contributed by atoms with van der Waals surface area (Å²) in [6.07, 6.45) is -15.7. The summed E-state index contributed by atoms with van der Waals surface area (Å²) in [5.41, 5.74) is -0.875. The molecule has 0 radical (unpaired) electrons. The van der Waals surface area contributed by atoms with Crippen LogP contribution in [0.5, 0.6) is 0 Å². The molecule has 21 heavy (non-hydrogen) atoms. The number of hydrogen-bond acceptors (Lipinski definition) is 2. The van der Waals surface area contributed by atoms with Gasteiger partial charge in [0.2, 0.25) is 6.10 Å². The molecule has 0 saturated heterocycles. The van der Waals surface area contributed by atoms with E-state index in [1.165, 1.54) is 0 Å². The van der Waals surface area contributed by atoms with Crippen LogP contribution in [0.15, 0.2) is 18.2 Å². The number of carbonyl (C=O) groups excluding carboxylic acids is 1. The number of ketones is 1. The minimum Gasteiger partial charge on any atom is -0.353 e. The number of rotatable bonds is 4. The van der Waals surface area contributed by atoms with E-state index in [0.29, 0.717) is 12.1 Å². The summed E-state index contributed by atoms with van der Waals surface area (Å²) in [6, 6.07) is 1.48. The van der Waals surface area contributed by atoms with Gasteiger partial charge in [-0.1, -0.05) is 0 Å². The first kappa shape index (κ1) is 17.3. The van der Waals surface area contributed by atoms with Gasteiger partial charge in [-0.05, 0) is 12.1 Å². The summed E-state index contributed by atoms with van der Waals surface area (Å²) in [7, 11) is 0. The van der Waals surface area contributed by atoms with Crippen molar-refractivity contribution in [3.05, 3.63) is 35.4 Å². The van der Waals surface area contributed by atoms with E-state index in [1.807, 2.05) is 0 Å². The molecule has 0 unspecified atom stereocenters. The number of hydrogen-bond donors (Lipinski definition) is 0. The van der Waals surface area contributed by atoms with Crippen molar-refractivity contribution in [3.63, 3.8) is 0 Å². The lowest BCUT2D eigenvalue weighted by Crippen LogP contribution is -2.45. The van der Waals surface area contributed by atoms with Gasteiger partial charge in [-0.3, -0.25) is 4.79 Å². The number of halogens is 8. The topological polar surface area (TPSA) is 26.3 Å². The Morgan fingerprint density at radius 3 is 2.00 bits per heavy atom. The second kappa shape index (κ2) is 5.96. The maximum absolute atomic E-state index is 13.1. The number of alkyl halides is 6. The number of Topliss-reactive ketones (excluding diaryl/α,β-unsaturated/α-hetero) is 1. The van der Waals surface area contributed by atoms with Gasteiger partial charge in [0.15, 0.2) is 5.78 Å². The Balaban J connectivity index is 2.83. The highest BCUT2D eigenvalue weighted by atomic mass is 19.4. The Hall–Kier alpha value is -1.71. The summed E-state index contributed by atoms with van der Waals surface area (Å²) in [5, 5.41) is 0. The van der Waals surface area contributed by atoms with Crippen molar-refractivity contribution < 1.29 is 44.7 Å². The maximum atomic E-state index is 13.1. The molecular formula is C11H6F8O2. The Kier molecular flexibility index (Phi) is 4.92. The molecule has 2 nitrogen and oxygen atoms in total. The molecule has 0 saturated carbocycles. The van der Waals surface area contributed by atoms with E-state index in [1.54, 1.807) is 0 Å². The van der Waals surface area contributed by atoms with E-state index in [0.717, 1.165) is 0 Å². The summed E-state index contributed by atoms with van der Waals surface area (Å²) in [6.45, 7) is -1.66. The normalized spacial score (nSPS) is 12.8. The fraction of sp³-hybridized carbons (Fsp3) is 0.364. The van der Waals surface area contributed by atoms with Gasteiger partial charge in [-0.15, -0.1) is 0 Å². The lowest BCUT2D eigenvalue weighted by molar-refractivity contribution is -0.319. The van der Waals surface area contributed by atoms with Crippen LogP contribution in [-0.4, -0.2) is 30.8 Å². The van der Waals surface area contributed by atoms with E-state index >= 15 is 0 Å². The molecule has 1 aromatic carbocycles. The zero-order valence-corrected chi connectivity index (χ0v) is 9.86. The van der Waals surface area contributed by atoms with E-state index in [9.17, 15) is 39.9 Å². The molecule has 0 atom stereocenters. The molecule has 0 aliphatic heterocycles. The van der Waals surface area contributed by atoms with Crippen LogP contribution >= 0.6 is 0 Å². The van der Waals surface area contributed by atoms with E-state index in [4.69, 9.17) is 0 Å². The first-order chi connectivity index (χ1) is 9.43.